The molecule has 10 heteroatoms. The molecule has 2 rings (SSSR count). The number of hydrazine groups is 2. The van der Waals surface area contributed by atoms with Gasteiger partial charge < -0.3 is 10.2 Å². The summed E-state index contributed by atoms with van der Waals surface area (Å²) in [7, 11) is 0. The van der Waals surface area contributed by atoms with E-state index < -0.39 is 17.9 Å². The number of nitrogens with zero attached hydrogens (tertiary/aromatic N) is 2. The zero-order valence-electron chi connectivity index (χ0n) is 10.2. The van der Waals surface area contributed by atoms with Gasteiger partial charge in [-0.1, -0.05) is 4.48 Å². The Morgan fingerprint density at radius 2 is 1.67 bits per heavy atom. The molecule has 8 nitrogen and oxygen atoms in total. The quantitative estimate of drug-likeness (QED) is 0.488. The minimum Gasteiger partial charge on any atom is -0.478 e. The number of amidine groups is 1. The molecule has 0 radical (unpaired) electrons. The summed E-state index contributed by atoms with van der Waals surface area (Å²) in [6, 6.07) is 3.09. The summed E-state index contributed by atoms with van der Waals surface area (Å²) in [5, 5.41) is 17.5. The Balaban J connectivity index is 2.46. The van der Waals surface area contributed by atoms with E-state index in [1.165, 1.54) is 0 Å². The van der Waals surface area contributed by atoms with Crippen LogP contribution in [0.25, 0.3) is 0 Å². The lowest BCUT2D eigenvalue weighted by molar-refractivity contribution is -0.0612. The van der Waals surface area contributed by atoms with Crippen molar-refractivity contribution in [2.45, 2.75) is 0 Å². The number of nitrogens with one attached hydrogen (secondary N) is 2. The third kappa shape index (κ3) is 3.51. The second kappa shape index (κ2) is 5.54. The monoisotopic (exact) mass is 298 g/mol. The van der Waals surface area contributed by atoms with Gasteiger partial charge in [-0.05, 0) is 18.2 Å². The van der Waals surface area contributed by atoms with Gasteiger partial charge in [-0.3, -0.25) is 5.43 Å². The molecular formula is C11H8F2N4O4. The van der Waals surface area contributed by atoms with Gasteiger partial charge in [0.1, 0.15) is 5.84 Å². The molecule has 0 aliphatic carbocycles. The lowest BCUT2D eigenvalue weighted by atomic mass is 10.1. The average Bonchev–Trinajstić information content (AvgIpc) is 2.36. The summed E-state index contributed by atoms with van der Waals surface area (Å²) in [6.45, 7) is 0. The third-order valence-corrected chi connectivity index (χ3v) is 2.34. The van der Waals surface area contributed by atoms with Crippen molar-refractivity contribution in [3.63, 3.8) is 0 Å². The van der Waals surface area contributed by atoms with Gasteiger partial charge in [-0.25, -0.2) is 20.0 Å². The van der Waals surface area contributed by atoms with Crippen molar-refractivity contribution < 1.29 is 28.7 Å². The zero-order chi connectivity index (χ0) is 15.6. The van der Waals surface area contributed by atoms with Crippen LogP contribution in [0, 0.1) is 0 Å². The molecule has 0 aromatic heterocycles. The fourth-order valence-electron chi connectivity index (χ4n) is 1.53. The molecule has 0 saturated carbocycles. The van der Waals surface area contributed by atoms with Gasteiger partial charge in [0, 0.05) is 11.4 Å². The number of hydrogen-bond donors (Lipinski definition) is 4. The van der Waals surface area contributed by atoms with E-state index >= 15 is 0 Å². The normalized spacial score (nSPS) is 16.9. The summed E-state index contributed by atoms with van der Waals surface area (Å²) >= 11 is 0. The Morgan fingerprint density at radius 1 is 1.10 bits per heavy atom. The minimum atomic E-state index is -1.35. The molecule has 0 fully saturated rings. The number of rotatable bonds is 3. The fourth-order valence-corrected chi connectivity index (χ4v) is 1.53. The van der Waals surface area contributed by atoms with Gasteiger partial charge >= 0.3 is 11.9 Å². The number of aromatic carboxylic acids is 2. The van der Waals surface area contributed by atoms with E-state index in [9.17, 15) is 18.5 Å². The zero-order valence-corrected chi connectivity index (χ0v) is 10.2. The lowest BCUT2D eigenvalue weighted by Crippen LogP contribution is -2.47. The molecule has 1 aliphatic heterocycles. The van der Waals surface area contributed by atoms with Crippen molar-refractivity contribution in [1.29, 1.82) is 0 Å². The van der Waals surface area contributed by atoms with Crippen LogP contribution in [0.4, 0.5) is 14.6 Å². The van der Waals surface area contributed by atoms with Crippen molar-refractivity contribution >= 4 is 23.5 Å². The van der Waals surface area contributed by atoms with Crippen molar-refractivity contribution in [3.05, 3.63) is 41.4 Å². The lowest BCUT2D eigenvalue weighted by Gasteiger charge is -2.19. The van der Waals surface area contributed by atoms with Gasteiger partial charge in [-0.2, -0.15) is 4.39 Å². The summed E-state index contributed by atoms with van der Waals surface area (Å²) in [5.74, 6) is -4.03. The molecule has 1 aromatic carbocycles. The van der Waals surface area contributed by atoms with Crippen LogP contribution in [0.2, 0.25) is 0 Å². The van der Waals surface area contributed by atoms with Gasteiger partial charge in [0.15, 0.2) is 0 Å². The maximum atomic E-state index is 13.0. The number of benzene rings is 1. The SMILES string of the molecule is O=C(O)c1cc(N=C2C=C(F)NN(F)N2)cc(C(=O)O)c1. The van der Waals surface area contributed by atoms with E-state index in [0.717, 1.165) is 24.3 Å². The van der Waals surface area contributed by atoms with Crippen molar-refractivity contribution in [1.82, 2.24) is 16.2 Å². The van der Waals surface area contributed by atoms with Gasteiger partial charge in [0.05, 0.1) is 16.8 Å². The van der Waals surface area contributed by atoms with Crippen molar-refractivity contribution in [2.24, 2.45) is 4.99 Å². The molecule has 0 amide bonds. The van der Waals surface area contributed by atoms with E-state index in [-0.39, 0.29) is 28.0 Å². The highest BCUT2D eigenvalue weighted by atomic mass is 19.2. The van der Waals surface area contributed by atoms with E-state index in [4.69, 9.17) is 10.2 Å². The standard InChI is InChI=1S/C11H8F2N4O4/c12-8-4-9(16-17(13)15-8)14-7-2-5(10(18)19)1-6(3-7)11(20)21/h1-4,15H,(H,14,16)(H,18,19)(H,20,21). The fraction of sp³-hybridized carbons (Fsp3) is 0. The largest absolute Gasteiger partial charge is 0.478 e. The van der Waals surface area contributed by atoms with E-state index in [2.05, 4.69) is 4.99 Å². The van der Waals surface area contributed by atoms with Crippen LogP contribution in [-0.4, -0.2) is 33.3 Å². The van der Waals surface area contributed by atoms with Crippen molar-refractivity contribution in [3.8, 4) is 0 Å². The molecule has 4 N–H and O–H groups in total. The number of aliphatic imine (C=N–C) groups is 1. The highest BCUT2D eigenvalue weighted by Crippen LogP contribution is 2.19. The third-order valence-electron chi connectivity index (χ3n) is 2.34. The topological polar surface area (TPSA) is 114 Å². The Kier molecular flexibility index (Phi) is 3.80. The summed E-state index contributed by atoms with van der Waals surface area (Å²) in [5.41, 5.74) is 2.90. The van der Waals surface area contributed by atoms with Gasteiger partial charge in [0.2, 0.25) is 5.95 Å². The second-order valence-corrected chi connectivity index (χ2v) is 3.87. The maximum absolute atomic E-state index is 13.0. The van der Waals surface area contributed by atoms with Crippen LogP contribution in [0.3, 0.4) is 0 Å². The number of carboxylic acids is 2. The molecule has 0 spiro atoms. The first kappa shape index (κ1) is 14.4. The number of hydrogen-bond acceptors (Lipinski definition) is 5. The number of carboxylic acid groups (broad SMARTS) is 2. The summed E-state index contributed by atoms with van der Waals surface area (Å²) < 4.78 is 25.8. The predicted molar refractivity (Wildman–Crippen MR) is 65.9 cm³/mol. The molecule has 21 heavy (non-hydrogen) atoms. The second-order valence-electron chi connectivity index (χ2n) is 3.87. The number of halogens is 2. The molecule has 0 bridgehead atoms. The molecule has 1 heterocycles. The highest BCUT2D eigenvalue weighted by Gasteiger charge is 2.15. The Morgan fingerprint density at radius 3 is 2.14 bits per heavy atom. The minimum absolute atomic E-state index is 0.0887. The van der Waals surface area contributed by atoms with Gasteiger partial charge in [-0.15, -0.1) is 0 Å². The van der Waals surface area contributed by atoms with Gasteiger partial charge in [0.25, 0.3) is 0 Å². The molecule has 0 atom stereocenters. The highest BCUT2D eigenvalue weighted by molar-refractivity contribution is 5.98. The van der Waals surface area contributed by atoms with Crippen LogP contribution in [0.5, 0.6) is 0 Å². The Hall–Kier alpha value is -3.01. The Labute approximate surface area is 115 Å². The molecule has 0 unspecified atom stereocenters. The number of carbonyl (C=O) groups is 2. The van der Waals surface area contributed by atoms with Crippen LogP contribution >= 0.6 is 0 Å². The maximum Gasteiger partial charge on any atom is 0.335 e. The predicted octanol–water partition coefficient (Wildman–Crippen LogP) is 1.13. The first-order valence-corrected chi connectivity index (χ1v) is 5.42. The molecular weight excluding hydrogens is 290 g/mol. The molecule has 0 saturated heterocycles. The van der Waals surface area contributed by atoms with Crippen LogP contribution in [-0.2, 0) is 0 Å². The van der Waals surface area contributed by atoms with Crippen LogP contribution in [0.15, 0.2) is 35.2 Å². The molecule has 1 aromatic rings. The van der Waals surface area contributed by atoms with Crippen LogP contribution < -0.4 is 10.9 Å². The van der Waals surface area contributed by atoms with E-state index in [1.54, 1.807) is 5.43 Å². The molecule has 1 aliphatic rings. The first-order chi connectivity index (χ1) is 9.85. The van der Waals surface area contributed by atoms with Crippen LogP contribution in [0.1, 0.15) is 20.7 Å². The van der Waals surface area contributed by atoms with E-state index in [1.807, 2.05) is 5.43 Å². The van der Waals surface area contributed by atoms with E-state index in [0.29, 0.717) is 0 Å². The molecule has 110 valence electrons. The average molecular weight is 298 g/mol. The first-order valence-electron chi connectivity index (χ1n) is 5.42. The summed E-state index contributed by atoms with van der Waals surface area (Å²) in [6.07, 6.45) is 0.809. The Bertz CT molecular complexity index is 642. The summed E-state index contributed by atoms with van der Waals surface area (Å²) in [4.78, 5) is 25.6. The van der Waals surface area contributed by atoms with Crippen molar-refractivity contribution in [2.75, 3.05) is 0 Å². The smallest absolute Gasteiger partial charge is 0.335 e.